The maximum atomic E-state index is 13.4. The van der Waals surface area contributed by atoms with Crippen molar-refractivity contribution in [2.24, 2.45) is 5.41 Å². The Labute approximate surface area is 232 Å². The van der Waals surface area contributed by atoms with Crippen LogP contribution in [0.3, 0.4) is 0 Å². The minimum atomic E-state index is -0.217. The van der Waals surface area contributed by atoms with E-state index in [-0.39, 0.29) is 23.5 Å². The summed E-state index contributed by atoms with van der Waals surface area (Å²) in [5.74, 6) is 0.907. The fraction of sp³-hybridized carbons (Fsp3) is 0.633. The van der Waals surface area contributed by atoms with Crippen molar-refractivity contribution >= 4 is 23.4 Å². The molecule has 3 fully saturated rings. The van der Waals surface area contributed by atoms with Crippen LogP contribution in [0.4, 0.5) is 17.5 Å². The monoisotopic (exact) mass is 536 g/mol. The largest absolute Gasteiger partial charge is 0.393 e. The fourth-order valence-electron chi connectivity index (χ4n) is 6.05. The van der Waals surface area contributed by atoms with E-state index >= 15 is 0 Å². The summed E-state index contributed by atoms with van der Waals surface area (Å²) in [6, 6.07) is 8.36. The molecule has 5 rings (SSSR count). The Bertz CT molecular complexity index is 1080. The van der Waals surface area contributed by atoms with Gasteiger partial charge in [0.1, 0.15) is 11.4 Å². The number of anilines is 3. The van der Waals surface area contributed by atoms with E-state index in [0.717, 1.165) is 103 Å². The summed E-state index contributed by atoms with van der Waals surface area (Å²) < 4.78 is 5.43. The number of carbonyl (C=O) groups excluding carboxylic acids is 1. The number of carbonyl (C=O) groups is 1. The molecular formula is C30H44N6O3. The van der Waals surface area contributed by atoms with E-state index in [1.165, 1.54) is 5.56 Å². The average molecular weight is 537 g/mol. The number of morpholine rings is 1. The minimum absolute atomic E-state index is 0.183. The van der Waals surface area contributed by atoms with Gasteiger partial charge in [-0.05, 0) is 74.5 Å². The van der Waals surface area contributed by atoms with Crippen LogP contribution in [0.1, 0.15) is 74.2 Å². The van der Waals surface area contributed by atoms with Gasteiger partial charge in [-0.15, -0.1) is 0 Å². The summed E-state index contributed by atoms with van der Waals surface area (Å²) in [5, 5.41) is 20.0. The Kier molecular flexibility index (Phi) is 9.32. The highest BCUT2D eigenvalue weighted by Gasteiger charge is 2.48. The molecule has 2 saturated carbocycles. The molecule has 1 aromatic heterocycles. The summed E-state index contributed by atoms with van der Waals surface area (Å²) in [4.78, 5) is 25.0. The summed E-state index contributed by atoms with van der Waals surface area (Å²) >= 11 is 0. The molecule has 1 unspecified atom stereocenters. The van der Waals surface area contributed by atoms with Crippen LogP contribution in [0.2, 0.25) is 0 Å². The molecule has 1 aliphatic heterocycles. The van der Waals surface area contributed by atoms with Gasteiger partial charge < -0.3 is 25.8 Å². The lowest BCUT2D eigenvalue weighted by Gasteiger charge is -2.53. The minimum Gasteiger partial charge on any atom is -0.393 e. The van der Waals surface area contributed by atoms with Gasteiger partial charge in [-0.25, -0.2) is 4.98 Å². The first-order chi connectivity index (χ1) is 19.0. The second kappa shape index (κ2) is 13.1. The number of aliphatic hydroxyl groups excluding tert-OH is 1. The van der Waals surface area contributed by atoms with Crippen LogP contribution in [0.15, 0.2) is 30.5 Å². The van der Waals surface area contributed by atoms with Crippen molar-refractivity contribution in [3.63, 3.8) is 0 Å². The average Bonchev–Trinajstić information content (AvgIpc) is 2.96. The van der Waals surface area contributed by atoms with Crippen LogP contribution in [-0.4, -0.2) is 77.4 Å². The summed E-state index contributed by atoms with van der Waals surface area (Å²) in [6.45, 7) is 7.56. The number of nitrogens with one attached hydrogen (secondary N) is 3. The van der Waals surface area contributed by atoms with E-state index in [1.54, 1.807) is 6.20 Å². The number of nitrogens with zero attached hydrogens (tertiary/aromatic N) is 3. The van der Waals surface area contributed by atoms with Gasteiger partial charge >= 0.3 is 0 Å². The lowest BCUT2D eigenvalue weighted by molar-refractivity contribution is 0.00171. The predicted molar refractivity (Wildman–Crippen MR) is 154 cm³/mol. The number of amides is 1. The van der Waals surface area contributed by atoms with Crippen molar-refractivity contribution in [2.45, 2.75) is 76.9 Å². The van der Waals surface area contributed by atoms with E-state index in [4.69, 9.17) is 9.72 Å². The van der Waals surface area contributed by atoms with Crippen molar-refractivity contribution in [1.29, 1.82) is 0 Å². The van der Waals surface area contributed by atoms with Crippen molar-refractivity contribution in [1.82, 2.24) is 14.9 Å². The molecule has 3 aliphatic rings. The standard InChI is InChI=1S/C30H44N6O3/c1-2-3-15-31-29-32-21-25(27(35-29)34-26-10-14-30(26)12-8-24(37)9-13-30)28(38)33-23-6-4-22(5-7-23)11-16-36-17-19-39-20-18-36/h4-7,21,24,26,37H,2-3,8-20H2,1H3,(H,33,38)(H2,31,32,34,35). The number of unbranched alkanes of at least 4 members (excludes halogenated alkanes) is 1. The van der Waals surface area contributed by atoms with Crippen molar-refractivity contribution in [3.8, 4) is 0 Å². The van der Waals surface area contributed by atoms with Crippen LogP contribution in [0, 0.1) is 5.41 Å². The Morgan fingerprint density at radius 1 is 1.13 bits per heavy atom. The SMILES string of the molecule is CCCCNc1ncc(C(=O)Nc2ccc(CCN3CCOCC3)cc2)c(NC2CCC23CCC(O)CC3)n1. The molecule has 2 aromatic rings. The molecule has 2 aliphatic carbocycles. The number of ether oxygens (including phenoxy) is 1. The third-order valence-corrected chi connectivity index (χ3v) is 8.81. The van der Waals surface area contributed by atoms with Gasteiger partial charge in [0.2, 0.25) is 5.95 Å². The molecular weight excluding hydrogens is 492 g/mol. The molecule has 1 atom stereocenters. The Morgan fingerprint density at radius 3 is 2.56 bits per heavy atom. The lowest BCUT2D eigenvalue weighted by atomic mass is 9.57. The Balaban J connectivity index is 1.25. The second-order valence-electron chi connectivity index (χ2n) is 11.4. The third kappa shape index (κ3) is 7.07. The predicted octanol–water partition coefficient (Wildman–Crippen LogP) is 4.31. The smallest absolute Gasteiger partial charge is 0.260 e. The maximum absolute atomic E-state index is 13.4. The molecule has 1 aromatic carbocycles. The molecule has 1 spiro atoms. The molecule has 39 heavy (non-hydrogen) atoms. The summed E-state index contributed by atoms with van der Waals surface area (Å²) in [6.07, 6.45) is 10.5. The molecule has 2 heterocycles. The molecule has 9 heteroatoms. The number of hydrogen-bond donors (Lipinski definition) is 4. The summed E-state index contributed by atoms with van der Waals surface area (Å²) in [5.41, 5.74) is 2.64. The van der Waals surface area contributed by atoms with E-state index in [2.05, 4.69) is 44.9 Å². The quantitative estimate of drug-likeness (QED) is 0.315. The van der Waals surface area contributed by atoms with E-state index in [9.17, 15) is 9.90 Å². The van der Waals surface area contributed by atoms with Gasteiger partial charge in [0, 0.05) is 44.1 Å². The Morgan fingerprint density at radius 2 is 1.87 bits per heavy atom. The van der Waals surface area contributed by atoms with Crippen LogP contribution in [0.25, 0.3) is 0 Å². The van der Waals surface area contributed by atoms with Crippen LogP contribution in [-0.2, 0) is 11.2 Å². The van der Waals surface area contributed by atoms with Gasteiger partial charge in [0.25, 0.3) is 5.91 Å². The normalized spacial score (nSPS) is 25.2. The van der Waals surface area contributed by atoms with Crippen molar-refractivity contribution < 1.29 is 14.6 Å². The van der Waals surface area contributed by atoms with Crippen LogP contribution < -0.4 is 16.0 Å². The zero-order valence-corrected chi connectivity index (χ0v) is 23.3. The number of aromatic nitrogens is 2. The zero-order valence-electron chi connectivity index (χ0n) is 23.3. The molecule has 0 radical (unpaired) electrons. The van der Waals surface area contributed by atoms with Gasteiger partial charge in [0.05, 0.1) is 19.3 Å². The maximum Gasteiger partial charge on any atom is 0.260 e. The zero-order chi connectivity index (χ0) is 27.1. The number of benzene rings is 1. The van der Waals surface area contributed by atoms with Crippen LogP contribution in [0.5, 0.6) is 0 Å². The Hall–Kier alpha value is -2.75. The molecule has 0 bridgehead atoms. The number of rotatable bonds is 11. The molecule has 212 valence electrons. The van der Waals surface area contributed by atoms with Gasteiger partial charge in [-0.3, -0.25) is 9.69 Å². The molecule has 4 N–H and O–H groups in total. The highest BCUT2D eigenvalue weighted by molar-refractivity contribution is 6.07. The van der Waals surface area contributed by atoms with E-state index < -0.39 is 0 Å². The topological polar surface area (TPSA) is 112 Å². The van der Waals surface area contributed by atoms with Gasteiger partial charge in [-0.2, -0.15) is 4.98 Å². The van der Waals surface area contributed by atoms with Crippen LogP contribution >= 0.6 is 0 Å². The highest BCUT2D eigenvalue weighted by atomic mass is 16.5. The second-order valence-corrected chi connectivity index (χ2v) is 11.4. The number of hydrogen-bond acceptors (Lipinski definition) is 8. The first kappa shape index (κ1) is 27.8. The van der Waals surface area contributed by atoms with Crippen molar-refractivity contribution in [2.75, 3.05) is 55.3 Å². The van der Waals surface area contributed by atoms with Gasteiger partial charge in [0.15, 0.2) is 0 Å². The van der Waals surface area contributed by atoms with E-state index in [1.807, 2.05) is 12.1 Å². The highest BCUT2D eigenvalue weighted by Crippen LogP contribution is 2.52. The third-order valence-electron chi connectivity index (χ3n) is 8.81. The molecule has 9 nitrogen and oxygen atoms in total. The summed E-state index contributed by atoms with van der Waals surface area (Å²) in [7, 11) is 0. The molecule has 1 amide bonds. The lowest BCUT2D eigenvalue weighted by Crippen LogP contribution is -2.52. The van der Waals surface area contributed by atoms with E-state index in [0.29, 0.717) is 17.3 Å². The fourth-order valence-corrected chi connectivity index (χ4v) is 6.05. The number of aliphatic hydroxyl groups is 1. The molecule has 1 saturated heterocycles. The van der Waals surface area contributed by atoms with Crippen molar-refractivity contribution in [3.05, 3.63) is 41.6 Å². The first-order valence-electron chi connectivity index (χ1n) is 14.8. The van der Waals surface area contributed by atoms with Gasteiger partial charge in [-0.1, -0.05) is 25.5 Å². The first-order valence-corrected chi connectivity index (χ1v) is 14.8.